The van der Waals surface area contributed by atoms with Crippen LogP contribution in [0.2, 0.25) is 0 Å². The second-order valence-electron chi connectivity index (χ2n) is 15.3. The molecule has 2 saturated heterocycles. The monoisotopic (exact) mass is 674 g/mol. The van der Waals surface area contributed by atoms with E-state index in [-0.39, 0.29) is 31.3 Å². The van der Waals surface area contributed by atoms with Gasteiger partial charge in [0, 0.05) is 60.8 Å². The molecule has 3 aliphatic carbocycles. The van der Waals surface area contributed by atoms with E-state index in [1.54, 1.807) is 18.6 Å². The molecule has 1 N–H and O–H groups in total. The van der Waals surface area contributed by atoms with Crippen LogP contribution >= 0.6 is 0 Å². The zero-order valence-corrected chi connectivity index (χ0v) is 28.9. The molecular formula is C39H46O10. The van der Waals surface area contributed by atoms with Gasteiger partial charge < -0.3 is 33.2 Å². The van der Waals surface area contributed by atoms with E-state index in [0.717, 1.165) is 22.3 Å². The Morgan fingerprint density at radius 3 is 2.33 bits per heavy atom. The van der Waals surface area contributed by atoms with E-state index in [2.05, 4.69) is 20.8 Å². The van der Waals surface area contributed by atoms with Gasteiger partial charge in [0.05, 0.1) is 31.3 Å². The summed E-state index contributed by atoms with van der Waals surface area (Å²) in [5, 5.41) is 11.6. The number of aliphatic hydroxyl groups excluding tert-OH is 1. The van der Waals surface area contributed by atoms with Gasteiger partial charge in [-0.3, -0.25) is 9.59 Å². The third kappa shape index (κ3) is 5.29. The molecule has 0 spiro atoms. The summed E-state index contributed by atoms with van der Waals surface area (Å²) in [7, 11) is 0. The van der Waals surface area contributed by atoms with Gasteiger partial charge in [0.2, 0.25) is 0 Å². The van der Waals surface area contributed by atoms with Crippen LogP contribution in [0.25, 0.3) is 6.08 Å². The highest BCUT2D eigenvalue weighted by molar-refractivity contribution is 5.87. The lowest BCUT2D eigenvalue weighted by Gasteiger charge is -2.66. The molecule has 0 radical (unpaired) electrons. The molecule has 2 aliphatic heterocycles. The van der Waals surface area contributed by atoms with Crippen molar-refractivity contribution < 1.29 is 47.6 Å². The summed E-state index contributed by atoms with van der Waals surface area (Å²) in [5.41, 5.74) is 1.45. The third-order valence-electron chi connectivity index (χ3n) is 12.6. The minimum atomic E-state index is -1.14. The van der Waals surface area contributed by atoms with Crippen molar-refractivity contribution in [3.63, 3.8) is 0 Å². The van der Waals surface area contributed by atoms with Crippen LogP contribution in [0.3, 0.4) is 0 Å². The highest BCUT2D eigenvalue weighted by Crippen LogP contribution is 2.72. The Labute approximate surface area is 286 Å². The second-order valence-corrected chi connectivity index (χ2v) is 15.3. The van der Waals surface area contributed by atoms with E-state index in [1.807, 2.05) is 43.3 Å². The summed E-state index contributed by atoms with van der Waals surface area (Å²) in [5.74, 6) is -2.25. The average molecular weight is 675 g/mol. The summed E-state index contributed by atoms with van der Waals surface area (Å²) in [6.45, 7) is 11.3. The molecule has 1 aromatic heterocycles. The summed E-state index contributed by atoms with van der Waals surface area (Å²) in [6, 6.07) is 11.5. The van der Waals surface area contributed by atoms with E-state index in [0.29, 0.717) is 6.42 Å². The highest BCUT2D eigenvalue weighted by atomic mass is 16.6. The fourth-order valence-electron chi connectivity index (χ4n) is 10.8. The minimum absolute atomic E-state index is 0.0416. The maximum absolute atomic E-state index is 13.9. The second kappa shape index (κ2) is 12.2. The molecule has 1 aromatic carbocycles. The van der Waals surface area contributed by atoms with Gasteiger partial charge in [0.25, 0.3) is 0 Å². The predicted molar refractivity (Wildman–Crippen MR) is 176 cm³/mol. The molecule has 4 fully saturated rings. The third-order valence-corrected chi connectivity index (χ3v) is 12.6. The Morgan fingerprint density at radius 1 is 0.939 bits per heavy atom. The molecule has 2 aromatic rings. The first-order chi connectivity index (χ1) is 23.3. The van der Waals surface area contributed by atoms with Crippen LogP contribution in [0, 0.1) is 28.1 Å². The number of aliphatic hydroxyl groups is 1. The number of allylic oxidation sites excluding steroid dienone is 1. The Kier molecular flexibility index (Phi) is 8.44. The fraction of sp³-hybridized carbons (Fsp3) is 0.564. The molecular weight excluding hydrogens is 628 g/mol. The molecule has 1 unspecified atom stereocenters. The molecule has 2 saturated carbocycles. The first-order valence-corrected chi connectivity index (χ1v) is 17.2. The number of benzene rings is 1. The quantitative estimate of drug-likeness (QED) is 0.175. The topological polar surface area (TPSA) is 131 Å². The van der Waals surface area contributed by atoms with Crippen molar-refractivity contribution in [3.05, 3.63) is 77.3 Å². The SMILES string of the molecule is CC(=O)O[C@H]1C[C@@H](OC(C)=O)[C@@]2(C)CO[C@H]3[C@@H](OC(=O)/C=C/c4ccccc4)[C@@]4(C)C5=C(C)[C@@H](c6ccoc6)C[C@@H]5OC(O)C[C@@H]4[C@]1(C)[C@@H]32. The van der Waals surface area contributed by atoms with Gasteiger partial charge in [-0.15, -0.1) is 0 Å². The van der Waals surface area contributed by atoms with Gasteiger partial charge in [-0.2, -0.15) is 0 Å². The molecule has 10 nitrogen and oxygen atoms in total. The summed E-state index contributed by atoms with van der Waals surface area (Å²) in [6.07, 6.45) is 3.23. The van der Waals surface area contributed by atoms with Crippen molar-refractivity contribution in [2.75, 3.05) is 6.61 Å². The lowest BCUT2D eigenvalue weighted by molar-refractivity contribution is -0.261. The number of hydrogen-bond donors (Lipinski definition) is 1. The molecule has 49 heavy (non-hydrogen) atoms. The summed E-state index contributed by atoms with van der Waals surface area (Å²) >= 11 is 0. The molecule has 7 rings (SSSR count). The first-order valence-electron chi connectivity index (χ1n) is 17.2. The van der Waals surface area contributed by atoms with E-state index in [9.17, 15) is 19.5 Å². The van der Waals surface area contributed by atoms with Crippen LogP contribution in [0.1, 0.15) is 77.8 Å². The number of esters is 3. The van der Waals surface area contributed by atoms with Crippen LogP contribution in [0.5, 0.6) is 0 Å². The number of fused-ring (bicyclic) bond motifs is 4. The van der Waals surface area contributed by atoms with Gasteiger partial charge in [-0.05, 0) is 48.1 Å². The molecule has 0 amide bonds. The van der Waals surface area contributed by atoms with E-state index < -0.39 is 76.9 Å². The van der Waals surface area contributed by atoms with Crippen LogP contribution < -0.4 is 0 Å². The molecule has 262 valence electrons. The number of carbonyl (C=O) groups is 3. The van der Waals surface area contributed by atoms with E-state index in [1.165, 1.54) is 19.9 Å². The van der Waals surface area contributed by atoms with Crippen LogP contribution in [-0.4, -0.2) is 66.4 Å². The smallest absolute Gasteiger partial charge is 0.331 e. The summed E-state index contributed by atoms with van der Waals surface area (Å²) in [4.78, 5) is 39.1. The number of furan rings is 1. The fourth-order valence-corrected chi connectivity index (χ4v) is 10.8. The van der Waals surface area contributed by atoms with Crippen LogP contribution in [0.4, 0.5) is 0 Å². The van der Waals surface area contributed by atoms with Crippen molar-refractivity contribution in [2.45, 2.75) is 104 Å². The van der Waals surface area contributed by atoms with Crippen molar-refractivity contribution in [3.8, 4) is 0 Å². The lowest BCUT2D eigenvalue weighted by atomic mass is 9.39. The highest BCUT2D eigenvalue weighted by Gasteiger charge is 2.77. The molecule has 0 bridgehead atoms. The maximum atomic E-state index is 13.9. The van der Waals surface area contributed by atoms with Crippen molar-refractivity contribution in [1.29, 1.82) is 0 Å². The number of carbonyl (C=O) groups excluding carboxylic acids is 3. The van der Waals surface area contributed by atoms with Crippen molar-refractivity contribution in [1.82, 2.24) is 0 Å². The average Bonchev–Trinajstić information content (AvgIpc) is 3.76. The van der Waals surface area contributed by atoms with Crippen molar-refractivity contribution >= 4 is 24.0 Å². The van der Waals surface area contributed by atoms with Gasteiger partial charge in [0.1, 0.15) is 18.3 Å². The largest absolute Gasteiger partial charge is 0.472 e. The molecule has 3 heterocycles. The maximum Gasteiger partial charge on any atom is 0.331 e. The minimum Gasteiger partial charge on any atom is -0.472 e. The van der Waals surface area contributed by atoms with Gasteiger partial charge >= 0.3 is 17.9 Å². The molecule has 12 atom stereocenters. The Bertz CT molecular complexity index is 1660. The van der Waals surface area contributed by atoms with Gasteiger partial charge in [-0.1, -0.05) is 56.7 Å². The first kappa shape index (κ1) is 33.8. The van der Waals surface area contributed by atoms with Gasteiger partial charge in [-0.25, -0.2) is 4.79 Å². The van der Waals surface area contributed by atoms with E-state index in [4.69, 9.17) is 28.1 Å². The van der Waals surface area contributed by atoms with E-state index >= 15 is 0 Å². The standard InChI is InChI=1S/C39H46O10/c1-21-26(25-14-15-44-19-25)16-27-33(21)39(6)28(17-32(43)48-27)38(5)30(47-23(3)41)18-29(46-22(2)40)37(4)20-45-34(35(37)38)36(39)49-31(42)13-12-24-10-8-7-9-11-24/h7-15,19,26-30,32,34-36,43H,16-18,20H2,1-6H3/b13-12+/t26-,27-,28+,29+,30-,32?,34+,35-,36+,37+,38-,39+/m0/s1. The zero-order valence-electron chi connectivity index (χ0n) is 28.9. The van der Waals surface area contributed by atoms with Gasteiger partial charge in [0.15, 0.2) is 6.29 Å². The predicted octanol–water partition coefficient (Wildman–Crippen LogP) is 5.75. The zero-order chi connectivity index (χ0) is 34.9. The molecule has 10 heteroatoms. The number of rotatable bonds is 6. The van der Waals surface area contributed by atoms with Crippen LogP contribution in [-0.2, 0) is 38.1 Å². The molecule has 5 aliphatic rings. The Balaban J connectivity index is 1.42. The Morgan fingerprint density at radius 2 is 1.65 bits per heavy atom. The Hall–Kier alpha value is -3.73. The normalized spacial score (nSPS) is 41.0. The summed E-state index contributed by atoms with van der Waals surface area (Å²) < 4.78 is 37.5. The van der Waals surface area contributed by atoms with Crippen molar-refractivity contribution in [2.24, 2.45) is 28.1 Å². The number of ether oxygens (including phenoxy) is 5. The lowest BCUT2D eigenvalue weighted by Crippen LogP contribution is -2.72. The van der Waals surface area contributed by atoms with Crippen LogP contribution in [0.15, 0.2) is 70.6 Å². The number of hydrogen-bond acceptors (Lipinski definition) is 10.